The molecule has 1 saturated carbocycles. The summed E-state index contributed by atoms with van der Waals surface area (Å²) in [5.74, 6) is 0.465. The number of pyridine rings is 1. The van der Waals surface area contributed by atoms with Gasteiger partial charge in [-0.25, -0.2) is 18.1 Å². The number of rotatable bonds is 4. The Bertz CT molecular complexity index is 568. The number of nitrogens with one attached hydrogen (secondary N) is 2. The fourth-order valence-corrected chi connectivity index (χ4v) is 4.15. The van der Waals surface area contributed by atoms with E-state index in [1.54, 1.807) is 7.05 Å². The van der Waals surface area contributed by atoms with Crippen LogP contribution in [0.4, 0.5) is 5.82 Å². The van der Waals surface area contributed by atoms with E-state index in [0.29, 0.717) is 10.8 Å². The molecule has 0 unspecified atom stereocenters. The topological polar surface area (TPSA) is 71.1 Å². The maximum atomic E-state index is 12.3. The fourth-order valence-electron chi connectivity index (χ4n) is 2.39. The zero-order valence-electron chi connectivity index (χ0n) is 11.0. The van der Waals surface area contributed by atoms with Gasteiger partial charge in [-0.2, -0.15) is 0 Å². The lowest BCUT2D eigenvalue weighted by Gasteiger charge is -2.24. The number of sulfonamides is 1. The van der Waals surface area contributed by atoms with Crippen molar-refractivity contribution in [3.8, 4) is 0 Å². The van der Waals surface area contributed by atoms with Gasteiger partial charge in [0.2, 0.25) is 10.0 Å². The maximum Gasteiger partial charge on any atom is 0.242 e. The monoisotopic (exact) mass is 303 g/mol. The average molecular weight is 304 g/mol. The van der Waals surface area contributed by atoms with Gasteiger partial charge in [-0.15, -0.1) is 0 Å². The lowest BCUT2D eigenvalue weighted by atomic mass is 10.0. The molecule has 7 heteroatoms. The van der Waals surface area contributed by atoms with Crippen LogP contribution in [0.2, 0.25) is 5.02 Å². The molecule has 0 atom stereocenters. The van der Waals surface area contributed by atoms with E-state index in [1.807, 2.05) is 6.92 Å². The van der Waals surface area contributed by atoms with Gasteiger partial charge in [-0.3, -0.25) is 0 Å². The fraction of sp³-hybridized carbons (Fsp3) is 0.583. The first-order valence-corrected chi connectivity index (χ1v) is 8.10. The molecule has 0 radical (unpaired) electrons. The molecule has 5 nitrogen and oxygen atoms in total. The maximum absolute atomic E-state index is 12.3. The first kappa shape index (κ1) is 14.6. The third kappa shape index (κ3) is 3.19. The highest BCUT2D eigenvalue weighted by Crippen LogP contribution is 2.31. The summed E-state index contributed by atoms with van der Waals surface area (Å²) in [6, 6.07) is 1.42. The van der Waals surface area contributed by atoms with Gasteiger partial charge in [0.1, 0.15) is 10.7 Å². The zero-order chi connectivity index (χ0) is 14.1. The van der Waals surface area contributed by atoms with Gasteiger partial charge in [0, 0.05) is 18.8 Å². The molecule has 2 rings (SSSR count). The Hall–Kier alpha value is -0.850. The van der Waals surface area contributed by atoms with Crippen molar-refractivity contribution in [3.05, 3.63) is 17.3 Å². The SMILES string of the molecule is CNc1ncc(S(=O)(=O)NC2(C)CCCC2)cc1Cl. The highest BCUT2D eigenvalue weighted by atomic mass is 35.5. The third-order valence-electron chi connectivity index (χ3n) is 3.45. The molecule has 19 heavy (non-hydrogen) atoms. The highest BCUT2D eigenvalue weighted by molar-refractivity contribution is 7.89. The molecule has 0 aliphatic heterocycles. The summed E-state index contributed by atoms with van der Waals surface area (Å²) in [4.78, 5) is 4.10. The summed E-state index contributed by atoms with van der Waals surface area (Å²) in [7, 11) is -1.89. The Kier molecular flexibility index (Phi) is 4.03. The second-order valence-corrected chi connectivity index (χ2v) is 7.21. The van der Waals surface area contributed by atoms with Crippen molar-refractivity contribution in [2.75, 3.05) is 12.4 Å². The predicted octanol–water partition coefficient (Wildman–Crippen LogP) is 2.39. The molecule has 2 N–H and O–H groups in total. The summed E-state index contributed by atoms with van der Waals surface area (Å²) in [6.45, 7) is 1.94. The molecular weight excluding hydrogens is 286 g/mol. The first-order valence-electron chi connectivity index (χ1n) is 6.24. The Morgan fingerprint density at radius 1 is 1.37 bits per heavy atom. The largest absolute Gasteiger partial charge is 0.372 e. The van der Waals surface area contributed by atoms with Crippen LogP contribution in [0, 0.1) is 0 Å². The molecule has 1 aromatic rings. The summed E-state index contributed by atoms with van der Waals surface area (Å²) in [5, 5.41) is 3.09. The summed E-state index contributed by atoms with van der Waals surface area (Å²) in [6.07, 6.45) is 5.15. The van der Waals surface area contributed by atoms with Gasteiger partial charge in [0.05, 0.1) is 5.02 Å². The molecule has 0 amide bonds. The van der Waals surface area contributed by atoms with Crippen molar-refractivity contribution >= 4 is 27.4 Å². The van der Waals surface area contributed by atoms with Crippen LogP contribution in [0.15, 0.2) is 17.2 Å². The Labute approximate surface area is 118 Å². The van der Waals surface area contributed by atoms with Crippen molar-refractivity contribution in [2.24, 2.45) is 0 Å². The van der Waals surface area contributed by atoms with Crippen molar-refractivity contribution in [1.82, 2.24) is 9.71 Å². The van der Waals surface area contributed by atoms with Crippen LogP contribution in [0.3, 0.4) is 0 Å². The molecule has 106 valence electrons. The van der Waals surface area contributed by atoms with Gasteiger partial charge < -0.3 is 5.32 Å². The van der Waals surface area contributed by atoms with E-state index in [4.69, 9.17) is 11.6 Å². The lowest BCUT2D eigenvalue weighted by Crippen LogP contribution is -2.43. The summed E-state index contributed by atoms with van der Waals surface area (Å²) < 4.78 is 27.4. The highest BCUT2D eigenvalue weighted by Gasteiger charge is 2.33. The zero-order valence-corrected chi connectivity index (χ0v) is 12.6. The van der Waals surface area contributed by atoms with E-state index < -0.39 is 10.0 Å². The molecule has 1 heterocycles. The van der Waals surface area contributed by atoms with Gasteiger partial charge >= 0.3 is 0 Å². The molecule has 1 aliphatic carbocycles. The van der Waals surface area contributed by atoms with Crippen LogP contribution < -0.4 is 10.0 Å². The van der Waals surface area contributed by atoms with Crippen LogP contribution >= 0.6 is 11.6 Å². The molecule has 0 spiro atoms. The van der Waals surface area contributed by atoms with Crippen molar-refractivity contribution in [3.63, 3.8) is 0 Å². The van der Waals surface area contributed by atoms with E-state index in [-0.39, 0.29) is 10.4 Å². The van der Waals surface area contributed by atoms with Crippen molar-refractivity contribution < 1.29 is 8.42 Å². The summed E-state index contributed by atoms with van der Waals surface area (Å²) in [5.41, 5.74) is -0.354. The molecule has 1 aliphatic rings. The molecule has 0 aromatic carbocycles. The standard InChI is InChI=1S/C12H18ClN3O2S/c1-12(5-3-4-6-12)16-19(17,18)9-7-10(13)11(14-2)15-8-9/h7-8,16H,3-6H2,1-2H3,(H,14,15). The first-order chi connectivity index (χ1) is 8.86. The van der Waals surface area contributed by atoms with Gasteiger partial charge in [-0.1, -0.05) is 24.4 Å². The van der Waals surface area contributed by atoms with E-state index in [0.717, 1.165) is 25.7 Å². The Morgan fingerprint density at radius 2 is 2.00 bits per heavy atom. The number of hydrogen-bond acceptors (Lipinski definition) is 4. The van der Waals surface area contributed by atoms with Crippen molar-refractivity contribution in [2.45, 2.75) is 43.0 Å². The smallest absolute Gasteiger partial charge is 0.242 e. The van der Waals surface area contributed by atoms with Crippen LogP contribution in [-0.2, 0) is 10.0 Å². The quantitative estimate of drug-likeness (QED) is 0.896. The van der Waals surface area contributed by atoms with Gasteiger partial charge in [-0.05, 0) is 25.8 Å². The van der Waals surface area contributed by atoms with E-state index in [9.17, 15) is 8.42 Å². The van der Waals surface area contributed by atoms with Gasteiger partial charge in [0.25, 0.3) is 0 Å². The molecular formula is C12H18ClN3O2S. The lowest BCUT2D eigenvalue weighted by molar-refractivity contribution is 0.427. The second kappa shape index (κ2) is 5.26. The third-order valence-corrected chi connectivity index (χ3v) is 5.34. The Balaban J connectivity index is 2.27. The second-order valence-electron chi connectivity index (χ2n) is 5.12. The summed E-state index contributed by atoms with van der Waals surface area (Å²) >= 11 is 5.97. The van der Waals surface area contributed by atoms with Crippen LogP contribution in [0.1, 0.15) is 32.6 Å². The normalized spacial score (nSPS) is 18.5. The predicted molar refractivity (Wildman–Crippen MR) is 76.0 cm³/mol. The van der Waals surface area contributed by atoms with Crippen molar-refractivity contribution in [1.29, 1.82) is 0 Å². The number of hydrogen-bond donors (Lipinski definition) is 2. The number of aromatic nitrogens is 1. The van der Waals surface area contributed by atoms with E-state index >= 15 is 0 Å². The molecule has 1 aromatic heterocycles. The number of halogens is 1. The van der Waals surface area contributed by atoms with Gasteiger partial charge in [0.15, 0.2) is 0 Å². The average Bonchev–Trinajstić information content (AvgIpc) is 2.74. The van der Waals surface area contributed by atoms with E-state index in [1.165, 1.54) is 12.3 Å². The Morgan fingerprint density at radius 3 is 2.53 bits per heavy atom. The molecule has 0 bridgehead atoms. The minimum Gasteiger partial charge on any atom is -0.372 e. The molecule has 1 fully saturated rings. The van der Waals surface area contributed by atoms with Crippen LogP contribution in [0.5, 0.6) is 0 Å². The van der Waals surface area contributed by atoms with E-state index in [2.05, 4.69) is 15.0 Å². The minimum atomic E-state index is -3.57. The number of anilines is 1. The van der Waals surface area contributed by atoms with Crippen LogP contribution in [0.25, 0.3) is 0 Å². The van der Waals surface area contributed by atoms with Crippen LogP contribution in [-0.4, -0.2) is 26.0 Å². The number of nitrogens with zero attached hydrogens (tertiary/aromatic N) is 1. The minimum absolute atomic E-state index is 0.102. The molecule has 0 saturated heterocycles.